The second kappa shape index (κ2) is 7.59. The first-order valence-electron chi connectivity index (χ1n) is 12.1. The molecule has 3 aromatic rings. The molecule has 4 aliphatic rings. The van der Waals surface area contributed by atoms with Gasteiger partial charge in [0.15, 0.2) is 23.1 Å². The topological polar surface area (TPSA) is 65.8 Å². The zero-order chi connectivity index (χ0) is 24.8. The number of carbonyl (C=O) groups excluding carboxylic acids is 1. The van der Waals surface area contributed by atoms with E-state index in [1.807, 2.05) is 29.3 Å². The van der Waals surface area contributed by atoms with Crippen LogP contribution in [0, 0.1) is 17.0 Å². The fraction of sp³-hybridized carbons (Fsp3) is 0.333. The van der Waals surface area contributed by atoms with Gasteiger partial charge in [0.1, 0.15) is 6.17 Å². The molecule has 3 aliphatic heterocycles. The first-order valence-corrected chi connectivity index (χ1v) is 13.1. The van der Waals surface area contributed by atoms with Crippen molar-refractivity contribution in [1.82, 2.24) is 9.58 Å². The number of benzene rings is 2. The summed E-state index contributed by atoms with van der Waals surface area (Å²) in [5, 5.41) is 12.7. The van der Waals surface area contributed by atoms with Crippen molar-refractivity contribution in [3.8, 4) is 5.75 Å². The Morgan fingerprint density at radius 1 is 1.00 bits per heavy atom. The smallest absolute Gasteiger partial charge is 0.278 e. The van der Waals surface area contributed by atoms with Gasteiger partial charge in [-0.1, -0.05) is 24.3 Å². The van der Waals surface area contributed by atoms with E-state index in [1.54, 1.807) is 15.6 Å². The monoisotopic (exact) mass is 507 g/mol. The Bertz CT molecular complexity index is 1500. The number of pyridine rings is 1. The van der Waals surface area contributed by atoms with Gasteiger partial charge < -0.3 is 10.0 Å². The van der Waals surface area contributed by atoms with Crippen LogP contribution in [-0.4, -0.2) is 33.3 Å². The molecular weight excluding hydrogens is 484 g/mol. The number of hydrogen-bond donors (Lipinski definition) is 1. The van der Waals surface area contributed by atoms with Crippen LogP contribution in [0.4, 0.5) is 8.78 Å². The maximum atomic E-state index is 15.2. The molecule has 2 aromatic carbocycles. The largest absolute Gasteiger partial charge is 0.502 e. The minimum Gasteiger partial charge on any atom is -0.502 e. The average Bonchev–Trinajstić information content (AvgIpc) is 3.66. The van der Waals surface area contributed by atoms with Crippen molar-refractivity contribution in [2.45, 2.75) is 48.5 Å². The quantitative estimate of drug-likeness (QED) is 0.525. The summed E-state index contributed by atoms with van der Waals surface area (Å²) in [4.78, 5) is 28.8. The van der Waals surface area contributed by atoms with Gasteiger partial charge in [-0.2, -0.15) is 0 Å². The Morgan fingerprint density at radius 3 is 2.61 bits per heavy atom. The van der Waals surface area contributed by atoms with E-state index < -0.39 is 28.9 Å². The lowest BCUT2D eigenvalue weighted by Crippen LogP contribution is -2.65. The summed E-state index contributed by atoms with van der Waals surface area (Å²) in [5.41, 5.74) is 1.17. The van der Waals surface area contributed by atoms with Crippen LogP contribution >= 0.6 is 11.8 Å². The van der Waals surface area contributed by atoms with Gasteiger partial charge in [-0.15, -0.1) is 11.8 Å². The number of carbonyl (C=O) groups is 1. The SMILES string of the molecule is O=C1c2c(O)c(=O)ccn2N([C@@H]2c3ccccc3SCc3c2ccc(F)c3F)[C@@H]2CCC3(CC3)CN12. The molecule has 36 heavy (non-hydrogen) atoms. The molecule has 0 radical (unpaired) electrons. The highest BCUT2D eigenvalue weighted by molar-refractivity contribution is 7.98. The molecule has 1 aliphatic carbocycles. The van der Waals surface area contributed by atoms with Gasteiger partial charge in [-0.3, -0.25) is 19.3 Å². The second-order valence-electron chi connectivity index (χ2n) is 10.2. The Balaban J connectivity index is 1.51. The van der Waals surface area contributed by atoms with E-state index in [0.29, 0.717) is 18.5 Å². The zero-order valence-electron chi connectivity index (χ0n) is 19.3. The molecule has 0 bridgehead atoms. The van der Waals surface area contributed by atoms with E-state index in [2.05, 4.69) is 0 Å². The number of amides is 1. The Morgan fingerprint density at radius 2 is 1.81 bits per heavy atom. The van der Waals surface area contributed by atoms with Crippen molar-refractivity contribution in [1.29, 1.82) is 0 Å². The number of piperidine rings is 1. The fourth-order valence-electron chi connectivity index (χ4n) is 6.14. The summed E-state index contributed by atoms with van der Waals surface area (Å²) in [5.74, 6) is -2.47. The molecular formula is C27H23F2N3O3S. The van der Waals surface area contributed by atoms with Gasteiger partial charge in [0.25, 0.3) is 5.91 Å². The van der Waals surface area contributed by atoms with E-state index in [1.165, 1.54) is 24.0 Å². The second-order valence-corrected chi connectivity index (χ2v) is 11.2. The lowest BCUT2D eigenvalue weighted by molar-refractivity contribution is 0.0328. The van der Waals surface area contributed by atoms with Gasteiger partial charge in [0.2, 0.25) is 5.43 Å². The van der Waals surface area contributed by atoms with Gasteiger partial charge in [-0.05, 0) is 54.4 Å². The predicted molar refractivity (Wildman–Crippen MR) is 131 cm³/mol. The molecule has 1 saturated carbocycles. The summed E-state index contributed by atoms with van der Waals surface area (Å²) < 4.78 is 31.1. The summed E-state index contributed by atoms with van der Waals surface area (Å²) >= 11 is 1.45. The number of rotatable bonds is 1. The van der Waals surface area contributed by atoms with E-state index in [4.69, 9.17) is 0 Å². The number of halogens is 2. The molecule has 0 unspecified atom stereocenters. The van der Waals surface area contributed by atoms with Crippen molar-refractivity contribution in [2.24, 2.45) is 5.41 Å². The fourth-order valence-corrected chi connectivity index (χ4v) is 7.25. The van der Waals surface area contributed by atoms with Crippen LogP contribution in [0.15, 0.2) is 58.4 Å². The third-order valence-electron chi connectivity index (χ3n) is 8.20. The van der Waals surface area contributed by atoms with Crippen molar-refractivity contribution < 1.29 is 18.7 Å². The normalized spacial score (nSPS) is 23.4. The molecule has 6 nitrogen and oxygen atoms in total. The molecule has 4 heterocycles. The molecule has 1 N–H and O–H groups in total. The number of thioether (sulfide) groups is 1. The highest BCUT2D eigenvalue weighted by Crippen LogP contribution is 2.55. The number of aromatic hydroxyl groups is 1. The van der Waals surface area contributed by atoms with Gasteiger partial charge in [-0.25, -0.2) is 8.78 Å². The lowest BCUT2D eigenvalue weighted by atomic mass is 9.88. The number of fused-ring (bicyclic) bond motifs is 4. The average molecular weight is 508 g/mol. The third-order valence-corrected chi connectivity index (χ3v) is 9.32. The molecule has 1 amide bonds. The predicted octanol–water partition coefficient (Wildman–Crippen LogP) is 4.52. The summed E-state index contributed by atoms with van der Waals surface area (Å²) in [7, 11) is 0. The van der Waals surface area contributed by atoms with Crippen LogP contribution in [0.5, 0.6) is 5.75 Å². The zero-order valence-corrected chi connectivity index (χ0v) is 20.1. The van der Waals surface area contributed by atoms with Gasteiger partial charge >= 0.3 is 0 Å². The van der Waals surface area contributed by atoms with Crippen LogP contribution in [0.3, 0.4) is 0 Å². The number of aromatic nitrogens is 1. The minimum atomic E-state index is -0.899. The van der Waals surface area contributed by atoms with Gasteiger partial charge in [0.05, 0.1) is 6.04 Å². The summed E-state index contributed by atoms with van der Waals surface area (Å²) in [6.07, 6.45) is 4.88. The first-order chi connectivity index (χ1) is 17.4. The number of nitrogens with zero attached hydrogens (tertiary/aromatic N) is 3. The molecule has 2 fully saturated rings. The van der Waals surface area contributed by atoms with Crippen LogP contribution in [0.25, 0.3) is 0 Å². The maximum Gasteiger partial charge on any atom is 0.278 e. The summed E-state index contributed by atoms with van der Waals surface area (Å²) in [6.45, 7) is 0.545. The van der Waals surface area contributed by atoms with Crippen LogP contribution in [0.1, 0.15) is 58.9 Å². The molecule has 1 spiro atoms. The van der Waals surface area contributed by atoms with E-state index >= 15 is 4.39 Å². The molecule has 2 atom stereocenters. The van der Waals surface area contributed by atoms with Crippen molar-refractivity contribution in [3.05, 3.63) is 92.9 Å². The molecule has 7 rings (SSSR count). The van der Waals surface area contributed by atoms with Crippen LogP contribution < -0.4 is 10.4 Å². The molecule has 1 saturated heterocycles. The van der Waals surface area contributed by atoms with Gasteiger partial charge in [0, 0.05) is 35.0 Å². The highest BCUT2D eigenvalue weighted by Gasteiger charge is 2.54. The Kier molecular flexibility index (Phi) is 4.62. The number of hydrogen-bond acceptors (Lipinski definition) is 5. The Hall–Kier alpha value is -3.33. The Labute approximate surface area is 210 Å². The maximum absolute atomic E-state index is 15.2. The first kappa shape index (κ1) is 21.9. The summed E-state index contributed by atoms with van der Waals surface area (Å²) in [6, 6.07) is 11.2. The molecule has 184 valence electrons. The lowest BCUT2D eigenvalue weighted by Gasteiger charge is -2.53. The van der Waals surface area contributed by atoms with Crippen molar-refractivity contribution in [2.75, 3.05) is 11.6 Å². The standard InChI is InChI=1S/C27H23F2N3O3S/c28-18-6-5-15-17(22(18)29)13-36-20-4-2-1-3-16(20)23(15)32-21-7-9-27(10-11-27)14-30(21)26(35)24-25(34)19(33)8-12-31(24)32/h1-6,8,12,21,23,34H,7,9-11,13-14H2/t21-,23+/m1/s1. The van der Waals surface area contributed by atoms with E-state index in [9.17, 15) is 19.1 Å². The highest BCUT2D eigenvalue weighted by atomic mass is 32.2. The minimum absolute atomic E-state index is 0.0880. The van der Waals surface area contributed by atoms with E-state index in [-0.39, 0.29) is 34.5 Å². The van der Waals surface area contributed by atoms with Crippen LogP contribution in [0.2, 0.25) is 0 Å². The van der Waals surface area contributed by atoms with E-state index in [0.717, 1.165) is 35.8 Å². The molecule has 1 aromatic heterocycles. The van der Waals surface area contributed by atoms with Crippen molar-refractivity contribution in [3.63, 3.8) is 0 Å². The van der Waals surface area contributed by atoms with Crippen molar-refractivity contribution >= 4 is 17.7 Å². The third kappa shape index (κ3) is 3.01. The van der Waals surface area contributed by atoms with Crippen LogP contribution in [-0.2, 0) is 5.75 Å². The molecule has 9 heteroatoms.